The maximum atomic E-state index is 10.4. The minimum Gasteiger partial charge on any atom is -0.435 e. The van der Waals surface area contributed by atoms with Crippen LogP contribution >= 0.6 is 0 Å². The number of rotatable bonds is 1. The van der Waals surface area contributed by atoms with E-state index in [1.165, 1.54) is 19.1 Å². The van der Waals surface area contributed by atoms with E-state index in [9.17, 15) is 9.59 Å². The maximum absolute atomic E-state index is 10.4. The standard InChI is InChI=1S/C6H7NO3/c1-4(8)7-5-2-3-6(9)10-5/h2-3,5H,1H3,(H,7,8). The molecule has 10 heavy (non-hydrogen) atoms. The van der Waals surface area contributed by atoms with Gasteiger partial charge >= 0.3 is 5.97 Å². The monoisotopic (exact) mass is 141 g/mol. The molecule has 4 heteroatoms. The van der Waals surface area contributed by atoms with E-state index in [0.29, 0.717) is 0 Å². The van der Waals surface area contributed by atoms with Crippen molar-refractivity contribution in [2.45, 2.75) is 13.2 Å². The van der Waals surface area contributed by atoms with Crippen molar-refractivity contribution in [3.8, 4) is 0 Å². The fraction of sp³-hybridized carbons (Fsp3) is 0.333. The highest BCUT2D eigenvalue weighted by Crippen LogP contribution is 2.00. The number of esters is 1. The lowest BCUT2D eigenvalue weighted by atomic mass is 10.5. The van der Waals surface area contributed by atoms with Crippen LogP contribution in [0.1, 0.15) is 6.92 Å². The SMILES string of the molecule is CC(=O)NC1C=CC(=O)O1. The summed E-state index contributed by atoms with van der Waals surface area (Å²) in [6.07, 6.45) is 2.20. The van der Waals surface area contributed by atoms with Crippen LogP contribution in [-0.4, -0.2) is 18.1 Å². The van der Waals surface area contributed by atoms with E-state index in [1.54, 1.807) is 0 Å². The zero-order chi connectivity index (χ0) is 7.56. The van der Waals surface area contributed by atoms with E-state index in [4.69, 9.17) is 0 Å². The third-order valence-electron chi connectivity index (χ3n) is 0.996. The van der Waals surface area contributed by atoms with Crippen molar-refractivity contribution in [3.63, 3.8) is 0 Å². The average molecular weight is 141 g/mol. The summed E-state index contributed by atoms with van der Waals surface area (Å²) < 4.78 is 4.59. The van der Waals surface area contributed by atoms with Crippen molar-refractivity contribution in [2.75, 3.05) is 0 Å². The summed E-state index contributed by atoms with van der Waals surface area (Å²) in [5.41, 5.74) is 0. The first kappa shape index (κ1) is 6.80. The van der Waals surface area contributed by atoms with Gasteiger partial charge in [-0.2, -0.15) is 0 Å². The highest BCUT2D eigenvalue weighted by molar-refractivity contribution is 5.85. The number of ether oxygens (including phenoxy) is 1. The molecule has 1 aliphatic heterocycles. The van der Waals surface area contributed by atoms with Gasteiger partial charge in [-0.3, -0.25) is 4.79 Å². The molecule has 0 bridgehead atoms. The molecule has 1 N–H and O–H groups in total. The minimum atomic E-state index is -0.565. The van der Waals surface area contributed by atoms with Crippen molar-refractivity contribution in [1.29, 1.82) is 0 Å². The summed E-state index contributed by atoms with van der Waals surface area (Å²) >= 11 is 0. The maximum Gasteiger partial charge on any atom is 0.332 e. The van der Waals surface area contributed by atoms with Gasteiger partial charge in [0.15, 0.2) is 6.23 Å². The summed E-state index contributed by atoms with van der Waals surface area (Å²) in [4.78, 5) is 20.7. The molecule has 1 atom stereocenters. The van der Waals surface area contributed by atoms with Crippen LogP contribution < -0.4 is 5.32 Å². The van der Waals surface area contributed by atoms with Gasteiger partial charge in [0.05, 0.1) is 0 Å². The molecule has 0 spiro atoms. The zero-order valence-electron chi connectivity index (χ0n) is 5.46. The summed E-state index contributed by atoms with van der Waals surface area (Å²) in [5, 5.41) is 2.40. The van der Waals surface area contributed by atoms with E-state index in [2.05, 4.69) is 10.1 Å². The lowest BCUT2D eigenvalue weighted by Crippen LogP contribution is -2.32. The Morgan fingerprint density at radius 3 is 2.90 bits per heavy atom. The molecule has 1 heterocycles. The molecule has 1 amide bonds. The Morgan fingerprint density at radius 1 is 1.80 bits per heavy atom. The normalized spacial score (nSPS) is 22.5. The molecule has 4 nitrogen and oxygen atoms in total. The van der Waals surface area contributed by atoms with E-state index >= 15 is 0 Å². The van der Waals surface area contributed by atoms with Crippen LogP contribution in [0.5, 0.6) is 0 Å². The first-order valence-electron chi connectivity index (χ1n) is 2.84. The van der Waals surface area contributed by atoms with Gasteiger partial charge in [0.1, 0.15) is 0 Å². The molecular weight excluding hydrogens is 134 g/mol. The second-order valence-electron chi connectivity index (χ2n) is 1.92. The molecule has 0 aromatic carbocycles. The summed E-state index contributed by atoms with van der Waals surface area (Å²) in [6, 6.07) is 0. The summed E-state index contributed by atoms with van der Waals surface area (Å²) in [6.45, 7) is 1.36. The highest BCUT2D eigenvalue weighted by atomic mass is 16.6. The third-order valence-corrected chi connectivity index (χ3v) is 0.996. The summed E-state index contributed by atoms with van der Waals surface area (Å²) in [7, 11) is 0. The lowest BCUT2D eigenvalue weighted by molar-refractivity contribution is -0.141. The quantitative estimate of drug-likeness (QED) is 0.504. The molecule has 0 saturated carbocycles. The number of carbonyl (C=O) groups excluding carboxylic acids is 2. The fourth-order valence-electron chi connectivity index (χ4n) is 0.648. The summed E-state index contributed by atoms with van der Waals surface area (Å²) in [5.74, 6) is -0.636. The Kier molecular flexibility index (Phi) is 1.71. The van der Waals surface area contributed by atoms with Crippen LogP contribution in [0, 0.1) is 0 Å². The molecule has 0 aliphatic carbocycles. The second kappa shape index (κ2) is 2.51. The zero-order valence-corrected chi connectivity index (χ0v) is 5.46. The molecule has 1 unspecified atom stereocenters. The van der Waals surface area contributed by atoms with Crippen molar-refractivity contribution in [2.24, 2.45) is 0 Å². The van der Waals surface area contributed by atoms with Crippen LogP contribution in [0.15, 0.2) is 12.2 Å². The molecule has 1 aliphatic rings. The van der Waals surface area contributed by atoms with Gasteiger partial charge in [-0.15, -0.1) is 0 Å². The predicted octanol–water partition coefficient (Wildman–Crippen LogP) is -0.438. The first-order valence-corrected chi connectivity index (χ1v) is 2.84. The van der Waals surface area contributed by atoms with Gasteiger partial charge in [-0.1, -0.05) is 0 Å². The fourth-order valence-corrected chi connectivity index (χ4v) is 0.648. The van der Waals surface area contributed by atoms with Crippen LogP contribution in [0.25, 0.3) is 0 Å². The average Bonchev–Trinajstić information content (AvgIpc) is 2.13. The van der Waals surface area contributed by atoms with Crippen LogP contribution in [0.4, 0.5) is 0 Å². The van der Waals surface area contributed by atoms with Crippen LogP contribution in [-0.2, 0) is 14.3 Å². The predicted molar refractivity (Wildman–Crippen MR) is 32.8 cm³/mol. The van der Waals surface area contributed by atoms with Gasteiger partial charge in [0.2, 0.25) is 5.91 Å². The van der Waals surface area contributed by atoms with Gasteiger partial charge in [0.25, 0.3) is 0 Å². The van der Waals surface area contributed by atoms with Gasteiger partial charge in [-0.05, 0) is 6.08 Å². The molecule has 1 rings (SSSR count). The number of carbonyl (C=O) groups is 2. The second-order valence-corrected chi connectivity index (χ2v) is 1.92. The van der Waals surface area contributed by atoms with E-state index < -0.39 is 12.2 Å². The van der Waals surface area contributed by atoms with Crippen molar-refractivity contribution in [1.82, 2.24) is 5.32 Å². The highest BCUT2D eigenvalue weighted by Gasteiger charge is 2.15. The van der Waals surface area contributed by atoms with Crippen molar-refractivity contribution in [3.05, 3.63) is 12.2 Å². The molecule has 0 aromatic heterocycles. The molecule has 0 radical (unpaired) electrons. The van der Waals surface area contributed by atoms with E-state index in [-0.39, 0.29) is 5.91 Å². The Bertz CT molecular complexity index is 197. The molecular formula is C6H7NO3. The molecule has 54 valence electrons. The Balaban J connectivity index is 2.40. The number of nitrogens with one attached hydrogen (secondary N) is 1. The number of hydrogen-bond acceptors (Lipinski definition) is 3. The van der Waals surface area contributed by atoms with Crippen LogP contribution in [0.2, 0.25) is 0 Å². The number of hydrogen-bond donors (Lipinski definition) is 1. The minimum absolute atomic E-state index is 0.218. The van der Waals surface area contributed by atoms with E-state index in [0.717, 1.165) is 0 Å². The lowest BCUT2D eigenvalue weighted by Gasteiger charge is -2.07. The van der Waals surface area contributed by atoms with Gasteiger partial charge in [0, 0.05) is 13.0 Å². The molecule has 0 aromatic rings. The smallest absolute Gasteiger partial charge is 0.332 e. The van der Waals surface area contributed by atoms with Gasteiger partial charge < -0.3 is 10.1 Å². The largest absolute Gasteiger partial charge is 0.435 e. The van der Waals surface area contributed by atoms with Crippen molar-refractivity contribution >= 4 is 11.9 Å². The topological polar surface area (TPSA) is 55.4 Å². The van der Waals surface area contributed by atoms with Gasteiger partial charge in [-0.25, -0.2) is 4.79 Å². The number of amides is 1. The van der Waals surface area contributed by atoms with Crippen molar-refractivity contribution < 1.29 is 14.3 Å². The number of cyclic esters (lactones) is 1. The van der Waals surface area contributed by atoms with Crippen LogP contribution in [0.3, 0.4) is 0 Å². The Labute approximate surface area is 57.9 Å². The van der Waals surface area contributed by atoms with E-state index in [1.807, 2.05) is 0 Å². The third kappa shape index (κ3) is 1.58. The molecule has 0 saturated heterocycles. The first-order chi connectivity index (χ1) is 4.68. The Morgan fingerprint density at radius 2 is 2.50 bits per heavy atom. The molecule has 0 fully saturated rings. The Hall–Kier alpha value is -1.32.